The maximum Gasteiger partial charge on any atom is 0.305 e. The normalized spacial score (nSPS) is 11.2. The largest absolute Gasteiger partial charge is 0.461 e. The van der Waals surface area contributed by atoms with Crippen LogP contribution in [0, 0.1) is 0 Å². The number of isocyanates is 4. The third-order valence-electron chi connectivity index (χ3n) is 2.36. The number of rotatable bonds is 12. The lowest BCUT2D eigenvalue weighted by Gasteiger charge is -2.07. The van der Waals surface area contributed by atoms with E-state index in [1.807, 2.05) is 0 Å². The van der Waals surface area contributed by atoms with E-state index >= 15 is 0 Å². The Morgan fingerprint density at radius 1 is 0.680 bits per heavy atom. The van der Waals surface area contributed by atoms with Crippen molar-refractivity contribution in [1.29, 1.82) is 0 Å². The molecule has 0 unspecified atom stereocenters. The first-order valence-electron chi connectivity index (χ1n) is 6.66. The monoisotopic (exact) mass is 352 g/mol. The van der Waals surface area contributed by atoms with E-state index in [2.05, 4.69) is 20.0 Å². The predicted molar refractivity (Wildman–Crippen MR) is 75.8 cm³/mol. The summed E-state index contributed by atoms with van der Waals surface area (Å²) in [5.74, 6) is -1.43. The average molecular weight is 352 g/mol. The molecule has 0 N–H and O–H groups in total. The van der Waals surface area contributed by atoms with Crippen molar-refractivity contribution in [2.24, 2.45) is 20.0 Å². The fourth-order valence-corrected chi connectivity index (χ4v) is 1.31. The first-order chi connectivity index (χ1) is 12.1. The van der Waals surface area contributed by atoms with E-state index < -0.39 is 37.5 Å². The van der Waals surface area contributed by atoms with Gasteiger partial charge < -0.3 is 9.47 Å². The zero-order valence-electron chi connectivity index (χ0n) is 12.7. The molecule has 0 aliphatic heterocycles. The lowest BCUT2D eigenvalue weighted by Crippen LogP contribution is -2.17. The molecule has 0 saturated heterocycles. The summed E-state index contributed by atoms with van der Waals surface area (Å²) in [5.41, 5.74) is 0. The number of esters is 2. The molecule has 0 aromatic carbocycles. The Balaban J connectivity index is 4.08. The lowest BCUT2D eigenvalue weighted by molar-refractivity contribution is -0.146. The molecule has 0 radical (unpaired) electrons. The van der Waals surface area contributed by atoms with Gasteiger partial charge in [0.25, 0.3) is 0 Å². The van der Waals surface area contributed by atoms with Gasteiger partial charge in [-0.15, -0.1) is 0 Å². The Morgan fingerprint density at radius 2 is 1.00 bits per heavy atom. The fourth-order valence-electron chi connectivity index (χ4n) is 1.31. The summed E-state index contributed by atoms with van der Waals surface area (Å²) >= 11 is 0. The van der Waals surface area contributed by atoms with Crippen molar-refractivity contribution in [3.8, 4) is 0 Å². The third-order valence-corrected chi connectivity index (χ3v) is 2.36. The van der Waals surface area contributed by atoms with Crippen molar-refractivity contribution in [3.63, 3.8) is 0 Å². The van der Waals surface area contributed by atoms with Crippen LogP contribution >= 0.6 is 0 Å². The minimum absolute atomic E-state index is 0.0782. The van der Waals surface area contributed by atoms with Gasteiger partial charge in [-0.3, -0.25) is 9.59 Å². The van der Waals surface area contributed by atoms with Crippen LogP contribution in [0.25, 0.3) is 0 Å². The van der Waals surface area contributed by atoms with Crippen LogP contribution in [0.15, 0.2) is 20.0 Å². The molecule has 25 heavy (non-hydrogen) atoms. The summed E-state index contributed by atoms with van der Waals surface area (Å²) in [6.07, 6.45) is 2.00. The van der Waals surface area contributed by atoms with Gasteiger partial charge in [0.15, 0.2) is 12.3 Å². The summed E-state index contributed by atoms with van der Waals surface area (Å²) in [7, 11) is 0. The van der Waals surface area contributed by atoms with Crippen LogP contribution in [0.2, 0.25) is 0 Å². The minimum atomic E-state index is -1.21. The van der Waals surface area contributed by atoms with E-state index in [4.69, 9.17) is 9.47 Å². The first-order valence-corrected chi connectivity index (χ1v) is 6.66. The minimum Gasteiger partial charge on any atom is -0.461 e. The van der Waals surface area contributed by atoms with Crippen molar-refractivity contribution in [3.05, 3.63) is 0 Å². The van der Waals surface area contributed by atoms with Crippen LogP contribution in [0.4, 0.5) is 0 Å². The molecule has 0 aromatic heterocycles. The van der Waals surface area contributed by atoms with Crippen LogP contribution in [0.5, 0.6) is 0 Å². The molecule has 12 nitrogen and oxygen atoms in total. The van der Waals surface area contributed by atoms with E-state index in [1.165, 1.54) is 0 Å². The number of hydrogen-bond donors (Lipinski definition) is 0. The molecule has 0 saturated carbocycles. The van der Waals surface area contributed by atoms with Crippen molar-refractivity contribution in [2.75, 3.05) is 13.2 Å². The molecule has 0 aliphatic rings. The number of nitrogens with zero attached hydrogens (tertiary/aromatic N) is 4. The van der Waals surface area contributed by atoms with Gasteiger partial charge in [-0.1, -0.05) is 0 Å². The molecule has 12 heteroatoms. The zero-order valence-corrected chi connectivity index (χ0v) is 12.7. The second-order valence-corrected chi connectivity index (χ2v) is 4.06. The summed E-state index contributed by atoms with van der Waals surface area (Å²) < 4.78 is 9.40. The molecular weight excluding hydrogens is 340 g/mol. The highest BCUT2D eigenvalue weighted by Gasteiger charge is 2.12. The number of hydrogen-bond acceptors (Lipinski definition) is 12. The van der Waals surface area contributed by atoms with Crippen LogP contribution in [0.1, 0.15) is 19.3 Å². The number of carbonyl (C=O) groups is 2. The molecule has 0 amide bonds. The van der Waals surface area contributed by atoms with Gasteiger partial charge >= 0.3 is 11.9 Å². The Hall–Kier alpha value is -3.54. The van der Waals surface area contributed by atoms with Crippen molar-refractivity contribution < 1.29 is 38.2 Å². The van der Waals surface area contributed by atoms with E-state index in [-0.39, 0.29) is 19.3 Å². The molecule has 0 fully saturated rings. The predicted octanol–water partition coefficient (Wildman–Crippen LogP) is -0.761. The molecule has 0 bridgehead atoms. The quantitative estimate of drug-likeness (QED) is 0.250. The van der Waals surface area contributed by atoms with Gasteiger partial charge in [0.1, 0.15) is 13.2 Å². The Bertz CT molecular complexity index is 561. The molecule has 0 atom stereocenters. The third kappa shape index (κ3) is 11.7. The summed E-state index contributed by atoms with van der Waals surface area (Å²) in [6, 6.07) is 0. The van der Waals surface area contributed by atoms with Gasteiger partial charge in [0.2, 0.25) is 24.3 Å². The zero-order chi connectivity index (χ0) is 18.9. The Labute approximate surface area is 140 Å². The molecule has 0 rings (SSSR count). The van der Waals surface area contributed by atoms with Gasteiger partial charge in [0.05, 0.1) is 0 Å². The lowest BCUT2D eigenvalue weighted by atomic mass is 10.2. The first kappa shape index (κ1) is 21.5. The van der Waals surface area contributed by atoms with Crippen LogP contribution < -0.4 is 0 Å². The highest BCUT2D eigenvalue weighted by molar-refractivity contribution is 5.72. The fraction of sp³-hybridized carbons (Fsp3) is 0.538. The van der Waals surface area contributed by atoms with Gasteiger partial charge in [-0.05, 0) is 6.42 Å². The molecule has 0 aromatic rings. The van der Waals surface area contributed by atoms with Crippen molar-refractivity contribution >= 4 is 36.3 Å². The standard InChI is InChI=1S/C13H12N4O8/c18-6-14-10(15-7-19)4-24-12(22)2-1-3-13(23)25-5-11(16-8-20)17-9-21/h10-11H,1-5H2. The van der Waals surface area contributed by atoms with Gasteiger partial charge in [-0.2, -0.15) is 20.0 Å². The van der Waals surface area contributed by atoms with Crippen molar-refractivity contribution in [1.82, 2.24) is 0 Å². The van der Waals surface area contributed by atoms with Gasteiger partial charge in [-0.25, -0.2) is 19.2 Å². The molecule has 0 heterocycles. The van der Waals surface area contributed by atoms with Crippen molar-refractivity contribution in [2.45, 2.75) is 31.6 Å². The van der Waals surface area contributed by atoms with E-state index in [0.717, 1.165) is 24.3 Å². The average Bonchev–Trinajstić information content (AvgIpc) is 2.58. The number of aliphatic imine (C=N–C) groups is 4. The smallest absolute Gasteiger partial charge is 0.305 e. The van der Waals surface area contributed by atoms with Crippen LogP contribution in [-0.4, -0.2) is 61.8 Å². The topological polar surface area (TPSA) is 170 Å². The molecule has 132 valence electrons. The summed E-state index contributed by atoms with van der Waals surface area (Å²) in [5, 5.41) is 0. The Kier molecular flexibility index (Phi) is 12.1. The maximum atomic E-state index is 11.4. The second kappa shape index (κ2) is 14.1. The maximum absolute atomic E-state index is 11.4. The molecular formula is C13H12N4O8. The van der Waals surface area contributed by atoms with E-state index in [0.29, 0.717) is 0 Å². The van der Waals surface area contributed by atoms with Crippen LogP contribution in [0.3, 0.4) is 0 Å². The number of ether oxygens (including phenoxy) is 2. The molecule has 0 spiro atoms. The summed E-state index contributed by atoms with van der Waals surface area (Å²) in [6.45, 7) is -0.883. The SMILES string of the molecule is O=C=NC(COC(=O)CCCC(=O)OCC(N=C=O)N=C=O)N=C=O. The molecule has 0 aliphatic carbocycles. The highest BCUT2D eigenvalue weighted by atomic mass is 16.5. The number of carbonyl (C=O) groups excluding carboxylic acids is 6. The Morgan fingerprint density at radius 3 is 1.28 bits per heavy atom. The van der Waals surface area contributed by atoms with E-state index in [9.17, 15) is 28.8 Å². The van der Waals surface area contributed by atoms with E-state index in [1.54, 1.807) is 0 Å². The summed E-state index contributed by atoms with van der Waals surface area (Å²) in [4.78, 5) is 75.4. The van der Waals surface area contributed by atoms with Gasteiger partial charge in [0, 0.05) is 12.8 Å². The highest BCUT2D eigenvalue weighted by Crippen LogP contribution is 2.03. The van der Waals surface area contributed by atoms with Crippen LogP contribution in [-0.2, 0) is 38.2 Å². The second-order valence-electron chi connectivity index (χ2n) is 4.06.